The number of thioether (sulfide) groups is 2. The molecule has 2 aliphatic rings. The van der Waals surface area contributed by atoms with Crippen LogP contribution in [0.1, 0.15) is 35.3 Å². The molecule has 7 nitrogen and oxygen atoms in total. The van der Waals surface area contributed by atoms with Crippen LogP contribution in [0.25, 0.3) is 11.3 Å². The molecule has 2 aliphatic heterocycles. The highest BCUT2D eigenvalue weighted by atomic mass is 32.2. The van der Waals surface area contributed by atoms with Crippen molar-refractivity contribution in [2.24, 2.45) is 0 Å². The fraction of sp³-hybridized carbons (Fsp3) is 0.350. The van der Waals surface area contributed by atoms with Crippen LogP contribution in [0, 0.1) is 0 Å². The summed E-state index contributed by atoms with van der Waals surface area (Å²) in [6, 6.07) is 10.1. The third-order valence-electron chi connectivity index (χ3n) is 5.43. The van der Waals surface area contributed by atoms with Crippen LogP contribution in [0.15, 0.2) is 41.3 Å². The lowest BCUT2D eigenvalue weighted by Gasteiger charge is -2.24. The first-order valence-electron chi connectivity index (χ1n) is 9.64. The maximum Gasteiger partial charge on any atom is 0.270 e. The van der Waals surface area contributed by atoms with Gasteiger partial charge in [0.25, 0.3) is 5.56 Å². The van der Waals surface area contributed by atoms with Gasteiger partial charge in [-0.3, -0.25) is 24.5 Å². The molecule has 150 valence electrons. The number of aromatic nitrogens is 4. The first kappa shape index (κ1) is 18.6. The highest BCUT2D eigenvalue weighted by Crippen LogP contribution is 2.43. The molecule has 0 saturated carbocycles. The van der Waals surface area contributed by atoms with Crippen molar-refractivity contribution in [1.82, 2.24) is 20.0 Å². The Bertz CT molecular complexity index is 1080. The van der Waals surface area contributed by atoms with Crippen LogP contribution in [-0.4, -0.2) is 43.1 Å². The molecule has 1 aromatic carbocycles. The molecule has 3 aromatic rings. The van der Waals surface area contributed by atoms with Gasteiger partial charge in [-0.15, -0.1) is 11.8 Å². The molecule has 2 aromatic heterocycles. The standard InChI is InChI=1S/C20H21N5O2S2/c26-15-11-29-18(14-10-21-23-17(14)12-4-2-1-3-5-12)16-19(22-15)25(24-20(16)27)13-6-8-28-9-7-13/h1-5,10,13,18H,6-9,11H2,(H,21,23)(H,22,26)(H,24,27)/t18-/m0/s1. The number of hydrogen-bond acceptors (Lipinski definition) is 5. The molecule has 0 unspecified atom stereocenters. The normalized spacial score (nSPS) is 20.1. The second kappa shape index (κ2) is 7.79. The molecule has 0 aliphatic carbocycles. The van der Waals surface area contributed by atoms with Crippen LogP contribution in [0.4, 0.5) is 5.82 Å². The molecule has 0 radical (unpaired) electrons. The largest absolute Gasteiger partial charge is 0.310 e. The number of rotatable bonds is 3. The van der Waals surface area contributed by atoms with Crippen molar-refractivity contribution < 1.29 is 4.79 Å². The lowest BCUT2D eigenvalue weighted by Crippen LogP contribution is -2.22. The number of carbonyl (C=O) groups is 1. The Morgan fingerprint density at radius 2 is 1.90 bits per heavy atom. The number of fused-ring (bicyclic) bond motifs is 1. The average molecular weight is 428 g/mol. The molecule has 1 amide bonds. The molecule has 0 spiro atoms. The minimum atomic E-state index is -0.277. The Balaban J connectivity index is 1.63. The van der Waals surface area contributed by atoms with E-state index < -0.39 is 0 Å². The fourth-order valence-corrected chi connectivity index (χ4v) is 6.25. The quantitative estimate of drug-likeness (QED) is 0.595. The minimum absolute atomic E-state index is 0.0820. The molecule has 3 N–H and O–H groups in total. The summed E-state index contributed by atoms with van der Waals surface area (Å²) >= 11 is 3.40. The van der Waals surface area contributed by atoms with Crippen molar-refractivity contribution in [3.63, 3.8) is 0 Å². The van der Waals surface area contributed by atoms with Gasteiger partial charge in [0.15, 0.2) is 0 Å². The number of amides is 1. The minimum Gasteiger partial charge on any atom is -0.310 e. The predicted molar refractivity (Wildman–Crippen MR) is 118 cm³/mol. The Hall–Kier alpha value is -2.39. The van der Waals surface area contributed by atoms with Crippen molar-refractivity contribution in [2.75, 3.05) is 22.6 Å². The maximum atomic E-state index is 13.1. The number of nitrogens with zero attached hydrogens (tertiary/aromatic N) is 2. The molecule has 0 bridgehead atoms. The number of H-pyrrole nitrogens is 2. The second-order valence-corrected chi connectivity index (χ2v) is 9.54. The third kappa shape index (κ3) is 3.42. The summed E-state index contributed by atoms with van der Waals surface area (Å²) in [5.74, 6) is 2.95. The zero-order valence-electron chi connectivity index (χ0n) is 15.7. The van der Waals surface area contributed by atoms with Crippen molar-refractivity contribution in [2.45, 2.75) is 24.1 Å². The van der Waals surface area contributed by atoms with Crippen LogP contribution < -0.4 is 10.9 Å². The smallest absolute Gasteiger partial charge is 0.270 e. The summed E-state index contributed by atoms with van der Waals surface area (Å²) in [5, 5.41) is 13.1. The predicted octanol–water partition coefficient (Wildman–Crippen LogP) is 3.41. The van der Waals surface area contributed by atoms with E-state index in [4.69, 9.17) is 0 Å². The van der Waals surface area contributed by atoms with Gasteiger partial charge in [-0.25, -0.2) is 0 Å². The van der Waals surface area contributed by atoms with Gasteiger partial charge < -0.3 is 5.32 Å². The van der Waals surface area contributed by atoms with Crippen molar-refractivity contribution in [3.05, 3.63) is 58.0 Å². The highest BCUT2D eigenvalue weighted by molar-refractivity contribution is 8.00. The number of carbonyl (C=O) groups excluding carboxylic acids is 1. The molecular weight excluding hydrogens is 406 g/mol. The number of benzene rings is 1. The van der Waals surface area contributed by atoms with Gasteiger partial charge in [-0.2, -0.15) is 16.9 Å². The van der Waals surface area contributed by atoms with E-state index in [2.05, 4.69) is 20.6 Å². The van der Waals surface area contributed by atoms with E-state index in [0.29, 0.717) is 17.1 Å². The molecule has 1 saturated heterocycles. The van der Waals surface area contributed by atoms with Gasteiger partial charge >= 0.3 is 0 Å². The van der Waals surface area contributed by atoms with Gasteiger partial charge in [0, 0.05) is 5.56 Å². The van der Waals surface area contributed by atoms with E-state index in [0.717, 1.165) is 41.2 Å². The van der Waals surface area contributed by atoms with E-state index >= 15 is 0 Å². The van der Waals surface area contributed by atoms with Gasteiger partial charge in [0.2, 0.25) is 5.91 Å². The van der Waals surface area contributed by atoms with Crippen molar-refractivity contribution in [1.29, 1.82) is 0 Å². The maximum absolute atomic E-state index is 13.1. The summed E-state index contributed by atoms with van der Waals surface area (Å²) in [6.45, 7) is 0. The Morgan fingerprint density at radius 1 is 1.10 bits per heavy atom. The molecule has 5 rings (SSSR count). The van der Waals surface area contributed by atoms with E-state index in [1.165, 1.54) is 11.8 Å². The summed E-state index contributed by atoms with van der Waals surface area (Å²) in [7, 11) is 0. The number of anilines is 1. The van der Waals surface area contributed by atoms with E-state index in [1.54, 1.807) is 6.20 Å². The molecule has 1 fully saturated rings. The average Bonchev–Trinajstić information content (AvgIpc) is 3.31. The van der Waals surface area contributed by atoms with Crippen LogP contribution in [0.3, 0.4) is 0 Å². The number of hydrogen-bond donors (Lipinski definition) is 3. The summed E-state index contributed by atoms with van der Waals surface area (Å²) in [6.07, 6.45) is 3.74. The Kier molecular flexibility index (Phi) is 5.01. The van der Waals surface area contributed by atoms with Gasteiger partial charge in [0.05, 0.1) is 34.5 Å². The van der Waals surface area contributed by atoms with Gasteiger partial charge in [0.1, 0.15) is 5.82 Å². The van der Waals surface area contributed by atoms with Gasteiger partial charge in [-0.05, 0) is 29.9 Å². The van der Waals surface area contributed by atoms with Crippen LogP contribution in [0.2, 0.25) is 0 Å². The summed E-state index contributed by atoms with van der Waals surface area (Å²) < 4.78 is 1.90. The van der Waals surface area contributed by atoms with Crippen molar-refractivity contribution in [3.8, 4) is 11.3 Å². The number of aromatic amines is 2. The molecule has 29 heavy (non-hydrogen) atoms. The SMILES string of the molecule is O=C1CS[C@@H](c2cn[nH]c2-c2ccccc2)c2c(n(C3CCSCC3)[nH]c2=O)N1. The molecule has 1 atom stereocenters. The van der Waals surface area contributed by atoms with Crippen molar-refractivity contribution >= 4 is 35.2 Å². The first-order valence-corrected chi connectivity index (χ1v) is 11.8. The Labute approximate surface area is 176 Å². The van der Waals surface area contributed by atoms with Crippen LogP contribution >= 0.6 is 23.5 Å². The van der Waals surface area contributed by atoms with E-state index in [9.17, 15) is 9.59 Å². The topological polar surface area (TPSA) is 95.6 Å². The monoisotopic (exact) mass is 427 g/mol. The van der Waals surface area contributed by atoms with Crippen LogP contribution in [-0.2, 0) is 4.79 Å². The third-order valence-corrected chi connectivity index (χ3v) is 7.73. The van der Waals surface area contributed by atoms with E-state index in [1.807, 2.05) is 46.8 Å². The van der Waals surface area contributed by atoms with Gasteiger partial charge in [-0.1, -0.05) is 30.3 Å². The Morgan fingerprint density at radius 3 is 2.69 bits per heavy atom. The zero-order valence-corrected chi connectivity index (χ0v) is 17.3. The summed E-state index contributed by atoms with van der Waals surface area (Å²) in [5.41, 5.74) is 3.27. The molecule has 4 heterocycles. The lowest BCUT2D eigenvalue weighted by molar-refractivity contribution is -0.113. The number of nitrogens with one attached hydrogen (secondary N) is 3. The molecule has 9 heteroatoms. The first-order chi connectivity index (χ1) is 14.2. The zero-order chi connectivity index (χ0) is 19.8. The molecular formula is C20H21N5O2S2. The lowest BCUT2D eigenvalue weighted by atomic mass is 10.0. The second-order valence-electron chi connectivity index (χ2n) is 7.22. The highest BCUT2D eigenvalue weighted by Gasteiger charge is 2.34. The van der Waals surface area contributed by atoms with E-state index in [-0.39, 0.29) is 22.8 Å². The van der Waals surface area contributed by atoms with Crippen LogP contribution in [0.5, 0.6) is 0 Å². The summed E-state index contributed by atoms with van der Waals surface area (Å²) in [4.78, 5) is 25.5. The fourth-order valence-electron chi connectivity index (χ4n) is 4.04.